The molecule has 1 aromatic heterocycles. The maximum Gasteiger partial charge on any atom is 0.222 e. The van der Waals surface area contributed by atoms with Gasteiger partial charge in [-0.05, 0) is 30.4 Å². The van der Waals surface area contributed by atoms with Gasteiger partial charge in [-0.1, -0.05) is 38.1 Å². The molecule has 21 heavy (non-hydrogen) atoms. The van der Waals surface area contributed by atoms with Gasteiger partial charge in [0.25, 0.3) is 0 Å². The number of aromatic nitrogens is 3. The number of nitrogens with one attached hydrogen (secondary N) is 1. The normalized spacial score (nSPS) is 21.2. The first-order valence-corrected chi connectivity index (χ1v) is 7.51. The number of nitrogens with zero attached hydrogens (tertiary/aromatic N) is 3. The standard InChI is InChI=1S/C16H22N4O/c1-10(2)12-4-6-13(7-5-12)14-8-11(3)17-16-18-15(9-21)19-20(14)16/h4-7,10-11,14,21H,8-9H2,1-3H3,(H,17,18,19)/t11-,14-/m1/s1. The minimum Gasteiger partial charge on any atom is -0.388 e. The topological polar surface area (TPSA) is 63.0 Å². The first kappa shape index (κ1) is 14.1. The molecule has 1 aliphatic heterocycles. The van der Waals surface area contributed by atoms with E-state index in [-0.39, 0.29) is 12.6 Å². The Bertz CT molecular complexity index is 618. The molecule has 1 aliphatic rings. The number of aliphatic hydroxyl groups is 1. The second kappa shape index (κ2) is 5.48. The van der Waals surface area contributed by atoms with Gasteiger partial charge in [-0.25, -0.2) is 4.68 Å². The van der Waals surface area contributed by atoms with E-state index in [0.29, 0.717) is 17.8 Å². The predicted molar refractivity (Wildman–Crippen MR) is 82.3 cm³/mol. The van der Waals surface area contributed by atoms with E-state index in [1.54, 1.807) is 0 Å². The van der Waals surface area contributed by atoms with Crippen LogP contribution in [0.15, 0.2) is 24.3 Å². The van der Waals surface area contributed by atoms with Gasteiger partial charge in [-0.3, -0.25) is 0 Å². The lowest BCUT2D eigenvalue weighted by atomic mass is 9.95. The van der Waals surface area contributed by atoms with Gasteiger partial charge >= 0.3 is 0 Å². The van der Waals surface area contributed by atoms with Crippen LogP contribution in [-0.4, -0.2) is 25.9 Å². The van der Waals surface area contributed by atoms with Crippen molar-refractivity contribution in [3.05, 3.63) is 41.2 Å². The molecule has 1 aromatic carbocycles. The molecule has 0 radical (unpaired) electrons. The highest BCUT2D eigenvalue weighted by Crippen LogP contribution is 2.31. The maximum atomic E-state index is 9.24. The van der Waals surface area contributed by atoms with Gasteiger partial charge in [0, 0.05) is 6.04 Å². The van der Waals surface area contributed by atoms with E-state index in [2.05, 4.69) is 60.4 Å². The molecular weight excluding hydrogens is 264 g/mol. The number of benzene rings is 1. The number of rotatable bonds is 3. The lowest BCUT2D eigenvalue weighted by molar-refractivity contribution is 0.270. The average Bonchev–Trinajstić information content (AvgIpc) is 2.89. The van der Waals surface area contributed by atoms with Crippen molar-refractivity contribution in [3.63, 3.8) is 0 Å². The van der Waals surface area contributed by atoms with Crippen LogP contribution in [-0.2, 0) is 6.61 Å². The molecule has 2 aromatic rings. The highest BCUT2D eigenvalue weighted by Gasteiger charge is 2.28. The largest absolute Gasteiger partial charge is 0.388 e. The molecule has 3 rings (SSSR count). The zero-order valence-electron chi connectivity index (χ0n) is 12.7. The lowest BCUT2D eigenvalue weighted by Gasteiger charge is -2.29. The third-order valence-electron chi connectivity index (χ3n) is 4.05. The molecule has 0 bridgehead atoms. The van der Waals surface area contributed by atoms with Crippen LogP contribution >= 0.6 is 0 Å². The molecule has 0 fully saturated rings. The summed E-state index contributed by atoms with van der Waals surface area (Å²) in [6.07, 6.45) is 0.961. The highest BCUT2D eigenvalue weighted by molar-refractivity contribution is 5.35. The predicted octanol–water partition coefficient (Wildman–Crippen LogP) is 2.69. The highest BCUT2D eigenvalue weighted by atomic mass is 16.3. The van der Waals surface area contributed by atoms with Crippen LogP contribution in [0.2, 0.25) is 0 Å². The fraction of sp³-hybridized carbons (Fsp3) is 0.500. The Kier molecular flexibility index (Phi) is 3.68. The minimum absolute atomic E-state index is 0.130. The van der Waals surface area contributed by atoms with Gasteiger partial charge < -0.3 is 10.4 Å². The van der Waals surface area contributed by atoms with E-state index in [4.69, 9.17) is 0 Å². The van der Waals surface area contributed by atoms with Crippen LogP contribution < -0.4 is 5.32 Å². The van der Waals surface area contributed by atoms with Gasteiger partial charge in [-0.15, -0.1) is 0 Å². The lowest BCUT2D eigenvalue weighted by Crippen LogP contribution is -2.31. The summed E-state index contributed by atoms with van der Waals surface area (Å²) in [6, 6.07) is 9.25. The Morgan fingerprint density at radius 2 is 2.05 bits per heavy atom. The zero-order valence-corrected chi connectivity index (χ0v) is 12.7. The molecule has 0 amide bonds. The first-order chi connectivity index (χ1) is 10.1. The second-order valence-electron chi connectivity index (χ2n) is 6.07. The number of anilines is 1. The van der Waals surface area contributed by atoms with Crippen LogP contribution in [0.5, 0.6) is 0 Å². The Hall–Kier alpha value is -1.88. The maximum absolute atomic E-state index is 9.24. The third-order valence-corrected chi connectivity index (χ3v) is 4.05. The minimum atomic E-state index is -0.130. The zero-order chi connectivity index (χ0) is 15.0. The van der Waals surface area contributed by atoms with Gasteiger partial charge in [0.15, 0.2) is 5.82 Å². The molecule has 0 aliphatic carbocycles. The Labute approximate surface area is 125 Å². The monoisotopic (exact) mass is 286 g/mol. The molecule has 5 heteroatoms. The molecule has 0 spiro atoms. The van der Waals surface area contributed by atoms with Crippen molar-refractivity contribution in [2.45, 2.75) is 51.8 Å². The molecule has 5 nitrogen and oxygen atoms in total. The average molecular weight is 286 g/mol. The van der Waals surface area contributed by atoms with Gasteiger partial charge in [0.2, 0.25) is 5.95 Å². The van der Waals surface area contributed by atoms with E-state index in [1.165, 1.54) is 11.1 Å². The summed E-state index contributed by atoms with van der Waals surface area (Å²) in [5, 5.41) is 17.0. The van der Waals surface area contributed by atoms with E-state index in [0.717, 1.165) is 12.4 Å². The fourth-order valence-corrected chi connectivity index (χ4v) is 2.84. The fourth-order valence-electron chi connectivity index (χ4n) is 2.84. The SMILES string of the molecule is CC(C)c1ccc([C@H]2C[C@@H](C)Nc3nc(CO)nn32)cc1. The molecule has 2 N–H and O–H groups in total. The van der Waals surface area contributed by atoms with E-state index in [1.807, 2.05) is 4.68 Å². The van der Waals surface area contributed by atoms with Gasteiger partial charge in [0.05, 0.1) is 6.04 Å². The third kappa shape index (κ3) is 2.65. The Morgan fingerprint density at radius 1 is 1.33 bits per heavy atom. The van der Waals surface area contributed by atoms with Crippen LogP contribution in [0, 0.1) is 0 Å². The summed E-state index contributed by atoms with van der Waals surface area (Å²) in [5.74, 6) is 1.75. The van der Waals surface area contributed by atoms with Crippen molar-refractivity contribution in [1.29, 1.82) is 0 Å². The molecular formula is C16H22N4O. The summed E-state index contributed by atoms with van der Waals surface area (Å²) in [6.45, 7) is 6.41. The number of hydrogen-bond donors (Lipinski definition) is 2. The summed E-state index contributed by atoms with van der Waals surface area (Å²) in [5.41, 5.74) is 2.58. The van der Waals surface area contributed by atoms with Crippen molar-refractivity contribution >= 4 is 5.95 Å². The van der Waals surface area contributed by atoms with Crippen molar-refractivity contribution in [2.24, 2.45) is 0 Å². The van der Waals surface area contributed by atoms with Crippen LogP contribution in [0.3, 0.4) is 0 Å². The quantitative estimate of drug-likeness (QED) is 0.910. The van der Waals surface area contributed by atoms with Crippen molar-refractivity contribution < 1.29 is 5.11 Å². The van der Waals surface area contributed by atoms with Gasteiger partial charge in [0.1, 0.15) is 6.61 Å². The second-order valence-corrected chi connectivity index (χ2v) is 6.07. The summed E-state index contributed by atoms with van der Waals surface area (Å²) >= 11 is 0. The summed E-state index contributed by atoms with van der Waals surface area (Å²) in [4.78, 5) is 4.33. The van der Waals surface area contributed by atoms with Crippen LogP contribution in [0.25, 0.3) is 0 Å². The molecule has 2 atom stereocenters. The van der Waals surface area contributed by atoms with E-state index >= 15 is 0 Å². The van der Waals surface area contributed by atoms with Crippen LogP contribution in [0.4, 0.5) is 5.95 Å². The number of fused-ring (bicyclic) bond motifs is 1. The molecule has 0 saturated carbocycles. The molecule has 112 valence electrons. The van der Waals surface area contributed by atoms with Crippen molar-refractivity contribution in [3.8, 4) is 0 Å². The number of aliphatic hydroxyl groups excluding tert-OH is 1. The Balaban J connectivity index is 1.96. The molecule has 0 unspecified atom stereocenters. The first-order valence-electron chi connectivity index (χ1n) is 7.51. The van der Waals surface area contributed by atoms with Crippen molar-refractivity contribution in [1.82, 2.24) is 14.8 Å². The van der Waals surface area contributed by atoms with E-state index in [9.17, 15) is 5.11 Å². The Morgan fingerprint density at radius 3 is 2.67 bits per heavy atom. The number of hydrogen-bond acceptors (Lipinski definition) is 4. The summed E-state index contributed by atoms with van der Waals surface area (Å²) in [7, 11) is 0. The summed E-state index contributed by atoms with van der Waals surface area (Å²) < 4.78 is 1.90. The van der Waals surface area contributed by atoms with Crippen LogP contribution in [0.1, 0.15) is 56.1 Å². The van der Waals surface area contributed by atoms with E-state index < -0.39 is 0 Å². The van der Waals surface area contributed by atoms with Crippen molar-refractivity contribution in [2.75, 3.05) is 5.32 Å². The van der Waals surface area contributed by atoms with Gasteiger partial charge in [-0.2, -0.15) is 10.1 Å². The molecule has 0 saturated heterocycles. The smallest absolute Gasteiger partial charge is 0.222 e. The molecule has 2 heterocycles.